The predicted molar refractivity (Wildman–Crippen MR) is 191 cm³/mol. The van der Waals surface area contributed by atoms with E-state index in [0.29, 0.717) is 12.8 Å². The van der Waals surface area contributed by atoms with Crippen molar-refractivity contribution in [1.82, 2.24) is 0 Å². The molecule has 0 unspecified atom stereocenters. The van der Waals surface area contributed by atoms with Crippen LogP contribution in [0.25, 0.3) is 0 Å². The summed E-state index contributed by atoms with van der Waals surface area (Å²) in [6.45, 7) is 15.8. The van der Waals surface area contributed by atoms with Crippen LogP contribution in [0.15, 0.2) is 42.0 Å². The van der Waals surface area contributed by atoms with Gasteiger partial charge in [0.2, 0.25) is 0 Å². The standard InChI is InChI=1S/C43H60O7/c1-38(2)29(32(45)22-28(25-44)36(47)49-8)14-16-41(5)34(38)15-17-43(7)35(41)33(46)23-30-31-24-40(4,19-18-39(31,3)20-21-42(30,43)6)37(48)50-26-27-12-10-9-11-13-27/h9-13,23,28-29,31,34-35,44H,14-22,24-26H2,1-8H3/t28-,29+,31-,34-,35+,39+,40-,41-,42+,43+/m0/s1. The van der Waals surface area contributed by atoms with Crippen LogP contribution in [0.4, 0.5) is 0 Å². The molecule has 6 rings (SSSR count). The summed E-state index contributed by atoms with van der Waals surface area (Å²) in [6.07, 6.45) is 9.82. The molecule has 274 valence electrons. The van der Waals surface area contributed by atoms with Crippen LogP contribution in [0.5, 0.6) is 0 Å². The highest BCUT2D eigenvalue weighted by Crippen LogP contribution is 2.75. The highest BCUT2D eigenvalue weighted by molar-refractivity contribution is 5.96. The summed E-state index contributed by atoms with van der Waals surface area (Å²) in [6, 6.07) is 9.84. The van der Waals surface area contributed by atoms with Crippen molar-refractivity contribution in [2.75, 3.05) is 13.7 Å². The maximum Gasteiger partial charge on any atom is 0.312 e. The summed E-state index contributed by atoms with van der Waals surface area (Å²) in [4.78, 5) is 54.6. The minimum atomic E-state index is -0.848. The normalized spacial score (nSPS) is 40.9. The SMILES string of the molecule is COC(=O)[C@H](CO)CC(=O)[C@H]1CC[C@]2(C)[C@H]3C(=O)C=C4[C@@H]5C[C@@](C)(C(=O)OCc6ccccc6)CC[C@]5(C)CC[C@@]4(C)[C@]3(C)CC[C@H]2C1(C)C. The van der Waals surface area contributed by atoms with Gasteiger partial charge >= 0.3 is 11.9 Å². The lowest BCUT2D eigenvalue weighted by molar-refractivity contribution is -0.195. The molecule has 7 nitrogen and oxygen atoms in total. The first kappa shape index (κ1) is 37.0. The van der Waals surface area contributed by atoms with E-state index >= 15 is 0 Å². The van der Waals surface area contributed by atoms with E-state index in [1.165, 1.54) is 12.7 Å². The highest BCUT2D eigenvalue weighted by atomic mass is 16.5. The molecule has 1 aromatic rings. The number of ether oxygens (including phenoxy) is 2. The molecular formula is C43H60O7. The van der Waals surface area contributed by atoms with Crippen LogP contribution in [0, 0.1) is 62.1 Å². The van der Waals surface area contributed by atoms with Crippen molar-refractivity contribution >= 4 is 23.5 Å². The van der Waals surface area contributed by atoms with Gasteiger partial charge in [-0.05, 0) is 115 Å². The van der Waals surface area contributed by atoms with Gasteiger partial charge in [0, 0.05) is 18.3 Å². The van der Waals surface area contributed by atoms with Gasteiger partial charge in [-0.25, -0.2) is 0 Å². The third kappa shape index (κ3) is 5.54. The molecule has 0 aromatic heterocycles. The summed E-state index contributed by atoms with van der Waals surface area (Å²) < 4.78 is 10.8. The number of carbonyl (C=O) groups excluding carboxylic acids is 4. The van der Waals surface area contributed by atoms with E-state index < -0.39 is 23.9 Å². The fourth-order valence-electron chi connectivity index (χ4n) is 12.6. The second-order valence-corrected chi connectivity index (χ2v) is 18.8. The molecule has 7 heteroatoms. The smallest absolute Gasteiger partial charge is 0.312 e. The van der Waals surface area contributed by atoms with E-state index in [-0.39, 0.29) is 81.3 Å². The van der Waals surface area contributed by atoms with Crippen molar-refractivity contribution in [3.8, 4) is 0 Å². The Morgan fingerprint density at radius 2 is 1.58 bits per heavy atom. The van der Waals surface area contributed by atoms with E-state index in [1.54, 1.807) is 0 Å². The number of hydrogen-bond donors (Lipinski definition) is 1. The summed E-state index contributed by atoms with van der Waals surface area (Å²) in [5.74, 6) is -1.42. The lowest BCUT2D eigenvalue weighted by Crippen LogP contribution is -2.66. The second kappa shape index (κ2) is 12.7. The zero-order valence-electron chi connectivity index (χ0n) is 31.7. The molecule has 0 aliphatic heterocycles. The van der Waals surface area contributed by atoms with Crippen molar-refractivity contribution in [2.45, 2.75) is 119 Å². The van der Waals surface area contributed by atoms with Gasteiger partial charge in [0.05, 0.1) is 25.0 Å². The molecule has 0 radical (unpaired) electrons. The molecule has 5 aliphatic rings. The number of benzene rings is 1. The van der Waals surface area contributed by atoms with Crippen molar-refractivity contribution in [3.05, 3.63) is 47.5 Å². The van der Waals surface area contributed by atoms with Crippen LogP contribution in [0.1, 0.15) is 118 Å². The minimum Gasteiger partial charge on any atom is -0.469 e. The van der Waals surface area contributed by atoms with E-state index in [1.807, 2.05) is 36.4 Å². The fraction of sp³-hybridized carbons (Fsp3) is 0.721. The van der Waals surface area contributed by atoms with E-state index in [2.05, 4.69) is 48.5 Å². The fourth-order valence-corrected chi connectivity index (χ4v) is 12.6. The molecule has 0 heterocycles. The predicted octanol–water partition coefficient (Wildman–Crippen LogP) is 8.07. The number of allylic oxidation sites excluding steroid dienone is 2. The summed E-state index contributed by atoms with van der Waals surface area (Å²) >= 11 is 0. The number of carbonyl (C=O) groups is 4. The highest BCUT2D eigenvalue weighted by Gasteiger charge is 2.70. The average molecular weight is 689 g/mol. The van der Waals surface area contributed by atoms with Gasteiger partial charge < -0.3 is 14.6 Å². The van der Waals surface area contributed by atoms with Gasteiger partial charge in [0.1, 0.15) is 12.4 Å². The van der Waals surface area contributed by atoms with Crippen LogP contribution in [0.3, 0.4) is 0 Å². The number of ketones is 2. The molecule has 10 atom stereocenters. The van der Waals surface area contributed by atoms with Gasteiger partial charge in [-0.15, -0.1) is 0 Å². The Bertz CT molecular complexity index is 1560. The first-order valence-corrected chi connectivity index (χ1v) is 19.1. The number of aliphatic hydroxyl groups excluding tert-OH is 1. The van der Waals surface area contributed by atoms with Crippen LogP contribution < -0.4 is 0 Å². The summed E-state index contributed by atoms with van der Waals surface area (Å²) in [5, 5.41) is 9.83. The number of esters is 2. The molecule has 1 aromatic carbocycles. The molecular weight excluding hydrogens is 628 g/mol. The lowest BCUT2D eigenvalue weighted by atomic mass is 9.33. The van der Waals surface area contributed by atoms with Crippen LogP contribution in [-0.2, 0) is 35.3 Å². The largest absolute Gasteiger partial charge is 0.469 e. The maximum absolute atomic E-state index is 14.8. The van der Waals surface area contributed by atoms with Gasteiger partial charge in [0.15, 0.2) is 5.78 Å². The van der Waals surface area contributed by atoms with Gasteiger partial charge in [0.25, 0.3) is 0 Å². The molecule has 5 aliphatic carbocycles. The molecule has 1 N–H and O–H groups in total. The Labute approximate surface area is 299 Å². The van der Waals surface area contributed by atoms with E-state index in [0.717, 1.165) is 50.5 Å². The Balaban J connectivity index is 1.28. The van der Waals surface area contributed by atoms with Gasteiger partial charge in [-0.2, -0.15) is 0 Å². The number of fused-ring (bicyclic) bond motifs is 7. The Kier molecular flexibility index (Phi) is 9.39. The number of aliphatic hydroxyl groups is 1. The molecule has 0 saturated heterocycles. The zero-order chi connectivity index (χ0) is 36.5. The molecule has 4 saturated carbocycles. The van der Waals surface area contributed by atoms with Crippen molar-refractivity contribution in [2.24, 2.45) is 62.1 Å². The molecule has 0 spiro atoms. The lowest BCUT2D eigenvalue weighted by Gasteiger charge is -2.70. The third-order valence-corrected chi connectivity index (χ3v) is 15.9. The first-order chi connectivity index (χ1) is 23.4. The van der Waals surface area contributed by atoms with Gasteiger partial charge in [-0.1, -0.05) is 77.4 Å². The van der Waals surface area contributed by atoms with Crippen LogP contribution in [-0.4, -0.2) is 42.3 Å². The van der Waals surface area contributed by atoms with Crippen molar-refractivity contribution in [1.29, 1.82) is 0 Å². The van der Waals surface area contributed by atoms with Crippen molar-refractivity contribution < 1.29 is 33.8 Å². The van der Waals surface area contributed by atoms with Crippen LogP contribution >= 0.6 is 0 Å². The van der Waals surface area contributed by atoms with E-state index in [4.69, 9.17) is 9.47 Å². The van der Waals surface area contributed by atoms with Crippen LogP contribution in [0.2, 0.25) is 0 Å². The maximum atomic E-state index is 14.8. The van der Waals surface area contributed by atoms with Gasteiger partial charge in [-0.3, -0.25) is 19.2 Å². The molecule has 50 heavy (non-hydrogen) atoms. The Morgan fingerprint density at radius 1 is 0.900 bits per heavy atom. The monoisotopic (exact) mass is 688 g/mol. The molecule has 0 bridgehead atoms. The quantitative estimate of drug-likeness (QED) is 0.275. The third-order valence-electron chi connectivity index (χ3n) is 15.9. The summed E-state index contributed by atoms with van der Waals surface area (Å²) in [5.41, 5.74) is 0.590. The number of hydrogen-bond acceptors (Lipinski definition) is 7. The molecule has 4 fully saturated rings. The average Bonchev–Trinajstić information content (AvgIpc) is 3.07. The summed E-state index contributed by atoms with van der Waals surface area (Å²) in [7, 11) is 1.28. The minimum absolute atomic E-state index is 0.00755. The zero-order valence-corrected chi connectivity index (χ0v) is 31.7. The number of methoxy groups -OCH3 is 1. The Hall–Kier alpha value is -2.80. The topological polar surface area (TPSA) is 107 Å². The van der Waals surface area contributed by atoms with E-state index in [9.17, 15) is 24.3 Å². The first-order valence-electron chi connectivity index (χ1n) is 19.1. The second-order valence-electron chi connectivity index (χ2n) is 18.8. The van der Waals surface area contributed by atoms with Crippen molar-refractivity contribution in [3.63, 3.8) is 0 Å². The Morgan fingerprint density at radius 3 is 2.24 bits per heavy atom. The number of rotatable bonds is 8. The molecule has 0 amide bonds. The number of Topliss-reactive ketones (excluding diaryl/α,β-unsaturated/α-hetero) is 1.